The smallest absolute Gasteiger partial charge is 0.294 e. The molecule has 0 aliphatic rings. The monoisotopic (exact) mass is 289 g/mol. The van der Waals surface area contributed by atoms with Crippen molar-refractivity contribution < 1.29 is 9.59 Å². The van der Waals surface area contributed by atoms with Gasteiger partial charge in [-0.2, -0.15) is 0 Å². The number of hydrogen-bond acceptors (Lipinski definition) is 2. The molecule has 104 valence electrons. The third-order valence-corrected chi connectivity index (χ3v) is 3.49. The molecular formula is C16H16ClNO2. The largest absolute Gasteiger partial charge is 0.344 e. The van der Waals surface area contributed by atoms with Crippen LogP contribution in [0.1, 0.15) is 29.5 Å². The van der Waals surface area contributed by atoms with E-state index < -0.39 is 11.0 Å². The summed E-state index contributed by atoms with van der Waals surface area (Å²) in [4.78, 5) is 23.3. The number of hydrogen-bond donors (Lipinski definition) is 0. The molecule has 0 atom stereocenters. The molecule has 0 aliphatic carbocycles. The van der Waals surface area contributed by atoms with Gasteiger partial charge in [-0.3, -0.25) is 9.59 Å². The number of halogens is 1. The van der Waals surface area contributed by atoms with E-state index in [-0.39, 0.29) is 0 Å². The summed E-state index contributed by atoms with van der Waals surface area (Å²) in [6.07, 6.45) is 1.81. The third-order valence-electron chi connectivity index (χ3n) is 3.32. The molecular weight excluding hydrogens is 274 g/mol. The second-order valence-electron chi connectivity index (χ2n) is 4.68. The highest BCUT2D eigenvalue weighted by atomic mass is 35.5. The normalized spacial score (nSPS) is 10.6. The molecule has 4 heteroatoms. The maximum absolute atomic E-state index is 12.1. The van der Waals surface area contributed by atoms with Crippen molar-refractivity contribution in [2.24, 2.45) is 7.05 Å². The minimum absolute atomic E-state index is 0.361. The van der Waals surface area contributed by atoms with E-state index in [1.165, 1.54) is 0 Å². The highest BCUT2D eigenvalue weighted by Gasteiger charge is 2.24. The Hall–Kier alpha value is -1.87. The number of benzene rings is 1. The molecule has 0 saturated carbocycles. The minimum atomic E-state index is -0.952. The molecule has 0 aliphatic heterocycles. The average molecular weight is 290 g/mol. The van der Waals surface area contributed by atoms with Gasteiger partial charge in [0.1, 0.15) is 5.69 Å². The van der Waals surface area contributed by atoms with Crippen molar-refractivity contribution in [1.82, 2.24) is 4.57 Å². The Kier molecular flexibility index (Phi) is 4.40. The average Bonchev–Trinajstić information content (AvgIpc) is 2.77. The van der Waals surface area contributed by atoms with Crippen molar-refractivity contribution in [2.45, 2.75) is 19.8 Å². The van der Waals surface area contributed by atoms with Crippen LogP contribution in [0.2, 0.25) is 0 Å². The maximum atomic E-state index is 12.1. The maximum Gasteiger partial charge on any atom is 0.294 e. The van der Waals surface area contributed by atoms with Gasteiger partial charge in [0.15, 0.2) is 0 Å². The van der Waals surface area contributed by atoms with Crippen LogP contribution < -0.4 is 0 Å². The van der Waals surface area contributed by atoms with Gasteiger partial charge in [-0.25, -0.2) is 0 Å². The molecule has 20 heavy (non-hydrogen) atoms. The van der Waals surface area contributed by atoms with Crippen LogP contribution in [-0.4, -0.2) is 15.6 Å². The second kappa shape index (κ2) is 6.06. The van der Waals surface area contributed by atoms with Crippen LogP contribution in [0.5, 0.6) is 0 Å². The first kappa shape index (κ1) is 14.5. The minimum Gasteiger partial charge on any atom is -0.344 e. The van der Waals surface area contributed by atoms with Crippen molar-refractivity contribution in [3.63, 3.8) is 0 Å². The lowest BCUT2D eigenvalue weighted by molar-refractivity contribution is -0.108. The first-order chi connectivity index (χ1) is 9.56. The first-order valence-electron chi connectivity index (χ1n) is 6.54. The molecule has 0 N–H and O–H groups in total. The Bertz CT molecular complexity index is 644. The molecule has 1 heterocycles. The number of nitrogens with zero attached hydrogens (tertiary/aromatic N) is 1. The Morgan fingerprint density at radius 1 is 1.20 bits per heavy atom. The van der Waals surface area contributed by atoms with Crippen LogP contribution in [-0.2, 0) is 18.3 Å². The lowest BCUT2D eigenvalue weighted by atomic mass is 10.0. The predicted octanol–water partition coefficient (Wildman–Crippen LogP) is 3.59. The van der Waals surface area contributed by atoms with E-state index in [2.05, 4.69) is 6.92 Å². The van der Waals surface area contributed by atoms with Crippen molar-refractivity contribution >= 4 is 22.6 Å². The van der Waals surface area contributed by atoms with Gasteiger partial charge in [-0.15, -0.1) is 0 Å². The third kappa shape index (κ3) is 2.68. The summed E-state index contributed by atoms with van der Waals surface area (Å²) in [6, 6.07) is 11.5. The molecule has 0 fully saturated rings. The fourth-order valence-corrected chi connectivity index (χ4v) is 2.45. The molecule has 0 saturated heterocycles. The van der Waals surface area contributed by atoms with Crippen LogP contribution in [0.4, 0.5) is 0 Å². The van der Waals surface area contributed by atoms with Gasteiger partial charge in [0.25, 0.3) is 11.0 Å². The lowest BCUT2D eigenvalue weighted by Gasteiger charge is -2.06. The van der Waals surface area contributed by atoms with Crippen LogP contribution in [0.25, 0.3) is 11.1 Å². The summed E-state index contributed by atoms with van der Waals surface area (Å²) in [5.41, 5.74) is 3.05. The van der Waals surface area contributed by atoms with Crippen molar-refractivity contribution in [1.29, 1.82) is 0 Å². The Labute approximate surface area is 123 Å². The summed E-state index contributed by atoms with van der Waals surface area (Å²) in [5, 5.41) is -0.952. The zero-order valence-corrected chi connectivity index (χ0v) is 12.3. The molecule has 0 bridgehead atoms. The first-order valence-corrected chi connectivity index (χ1v) is 6.92. The predicted molar refractivity (Wildman–Crippen MR) is 80.0 cm³/mol. The lowest BCUT2D eigenvalue weighted by Crippen LogP contribution is -2.14. The van der Waals surface area contributed by atoms with E-state index in [1.807, 2.05) is 36.4 Å². The zero-order valence-electron chi connectivity index (χ0n) is 11.5. The summed E-state index contributed by atoms with van der Waals surface area (Å²) >= 11 is 5.38. The molecule has 0 amide bonds. The van der Waals surface area contributed by atoms with E-state index in [9.17, 15) is 9.59 Å². The molecule has 0 spiro atoms. The zero-order chi connectivity index (χ0) is 14.7. The Morgan fingerprint density at radius 3 is 2.40 bits per heavy atom. The van der Waals surface area contributed by atoms with Crippen LogP contribution >= 0.6 is 11.6 Å². The van der Waals surface area contributed by atoms with Gasteiger partial charge < -0.3 is 4.57 Å². The van der Waals surface area contributed by atoms with Gasteiger partial charge in [0, 0.05) is 18.3 Å². The van der Waals surface area contributed by atoms with E-state index in [1.54, 1.807) is 11.6 Å². The number of ketones is 1. The number of carbonyl (C=O) groups is 2. The van der Waals surface area contributed by atoms with Crippen molar-refractivity contribution in [2.75, 3.05) is 0 Å². The topological polar surface area (TPSA) is 39.1 Å². The second-order valence-corrected chi connectivity index (χ2v) is 5.02. The van der Waals surface area contributed by atoms with E-state index in [4.69, 9.17) is 11.6 Å². The van der Waals surface area contributed by atoms with E-state index in [0.29, 0.717) is 5.69 Å². The molecule has 2 aromatic rings. The molecule has 2 rings (SSSR count). The molecule has 0 unspecified atom stereocenters. The number of aromatic nitrogens is 1. The molecule has 1 aromatic carbocycles. The number of carbonyl (C=O) groups excluding carboxylic acids is 2. The Balaban J connectivity index is 2.63. The summed E-state index contributed by atoms with van der Waals surface area (Å²) in [7, 11) is 1.80. The molecule has 3 nitrogen and oxygen atoms in total. The van der Waals surface area contributed by atoms with Crippen molar-refractivity contribution in [3.05, 3.63) is 47.8 Å². The highest BCUT2D eigenvalue weighted by Crippen LogP contribution is 2.28. The van der Waals surface area contributed by atoms with Gasteiger partial charge in [-0.05, 0) is 29.7 Å². The Morgan fingerprint density at radius 2 is 1.85 bits per heavy atom. The van der Waals surface area contributed by atoms with Gasteiger partial charge >= 0.3 is 0 Å². The van der Waals surface area contributed by atoms with Gasteiger partial charge in [0.05, 0.1) is 0 Å². The highest BCUT2D eigenvalue weighted by molar-refractivity contribution is 6.83. The van der Waals surface area contributed by atoms with Crippen LogP contribution in [0.15, 0.2) is 36.4 Å². The summed E-state index contributed by atoms with van der Waals surface area (Å²) in [6.45, 7) is 2.07. The van der Waals surface area contributed by atoms with E-state index in [0.717, 1.165) is 29.7 Å². The summed E-state index contributed by atoms with van der Waals surface area (Å²) < 4.78 is 1.77. The molecule has 0 radical (unpaired) electrons. The quantitative estimate of drug-likeness (QED) is 0.479. The number of Topliss-reactive ketones (excluding diaryl/α,β-unsaturated/α-hetero) is 1. The van der Waals surface area contributed by atoms with Crippen LogP contribution in [0.3, 0.4) is 0 Å². The van der Waals surface area contributed by atoms with E-state index >= 15 is 0 Å². The number of rotatable bonds is 5. The van der Waals surface area contributed by atoms with Crippen LogP contribution in [0, 0.1) is 0 Å². The standard InChI is InChI=1S/C16H16ClNO2/c1-3-7-12-10-13(11-8-5-4-6-9-11)14(18(12)2)15(19)16(17)20/h4-6,8-10H,3,7H2,1-2H3. The fourth-order valence-electron chi connectivity index (χ4n) is 2.36. The SMILES string of the molecule is CCCc1cc(-c2ccccc2)c(C(=O)C(=O)Cl)n1C. The summed E-state index contributed by atoms with van der Waals surface area (Å²) in [5.74, 6) is -0.657. The van der Waals surface area contributed by atoms with Crippen molar-refractivity contribution in [3.8, 4) is 11.1 Å². The van der Waals surface area contributed by atoms with Gasteiger partial charge in [0.2, 0.25) is 0 Å². The van der Waals surface area contributed by atoms with Gasteiger partial charge in [-0.1, -0.05) is 43.7 Å². The fraction of sp³-hybridized carbons (Fsp3) is 0.250. The number of aryl methyl sites for hydroxylation is 1. The molecule has 1 aromatic heterocycles.